The van der Waals surface area contributed by atoms with Gasteiger partial charge in [0, 0.05) is 28.3 Å². The van der Waals surface area contributed by atoms with E-state index in [4.69, 9.17) is 18.9 Å². The van der Waals surface area contributed by atoms with Gasteiger partial charge in [0.15, 0.2) is 5.58 Å². The average molecular weight is 424 g/mol. The molecule has 0 unspecified atom stereocenters. The summed E-state index contributed by atoms with van der Waals surface area (Å²) in [6, 6.07) is 24.5. The number of hydrogen-bond donors (Lipinski definition) is 1. The molecule has 4 aromatic carbocycles. The molecule has 1 N–H and O–H groups in total. The lowest BCUT2D eigenvalue weighted by atomic mass is 10.1. The van der Waals surface area contributed by atoms with Gasteiger partial charge in [-0.3, -0.25) is 4.79 Å². The molecule has 5 rings (SSSR count). The lowest BCUT2D eigenvalue weighted by Gasteiger charge is -2.10. The lowest BCUT2D eigenvalue weighted by molar-refractivity contribution is 0.102. The Balaban J connectivity index is 1.46. The summed E-state index contributed by atoms with van der Waals surface area (Å²) in [6.45, 7) is 0. The molecule has 0 aliphatic rings. The molecule has 1 amide bonds. The van der Waals surface area contributed by atoms with E-state index in [0.29, 0.717) is 28.6 Å². The van der Waals surface area contributed by atoms with E-state index in [9.17, 15) is 4.79 Å². The summed E-state index contributed by atoms with van der Waals surface area (Å²) >= 11 is 0. The Morgan fingerprint density at radius 1 is 0.875 bits per heavy atom. The number of methoxy groups -OCH3 is 2. The Hall–Kier alpha value is -4.32. The molecule has 6 heteroatoms. The SMILES string of the molecule is COc1cc(OC)cc(C(=O)Nc2cccc(-c3nc4c(ccc5ccccc54)o3)c2)c1. The maximum absolute atomic E-state index is 12.8. The molecule has 0 atom stereocenters. The van der Waals surface area contributed by atoms with Crippen LogP contribution in [0.5, 0.6) is 11.5 Å². The first kappa shape index (κ1) is 19.6. The molecule has 32 heavy (non-hydrogen) atoms. The van der Waals surface area contributed by atoms with Crippen molar-refractivity contribution >= 4 is 33.5 Å². The number of carbonyl (C=O) groups excluding carboxylic acids is 1. The van der Waals surface area contributed by atoms with E-state index in [1.54, 1.807) is 32.4 Å². The molecule has 0 aliphatic heterocycles. The van der Waals surface area contributed by atoms with Crippen LogP contribution in [0, 0.1) is 0 Å². The van der Waals surface area contributed by atoms with E-state index in [-0.39, 0.29) is 5.91 Å². The van der Waals surface area contributed by atoms with Crippen molar-refractivity contribution in [2.75, 3.05) is 19.5 Å². The number of hydrogen-bond acceptors (Lipinski definition) is 5. The van der Waals surface area contributed by atoms with Crippen LogP contribution in [0.15, 0.2) is 83.3 Å². The van der Waals surface area contributed by atoms with Gasteiger partial charge in [0.25, 0.3) is 5.91 Å². The highest BCUT2D eigenvalue weighted by Gasteiger charge is 2.14. The Labute approximate surface area is 184 Å². The molecular formula is C26H20N2O4. The highest BCUT2D eigenvalue weighted by Crippen LogP contribution is 2.31. The predicted octanol–water partition coefficient (Wildman–Crippen LogP) is 5.92. The monoisotopic (exact) mass is 424 g/mol. The highest BCUT2D eigenvalue weighted by molar-refractivity contribution is 6.05. The predicted molar refractivity (Wildman–Crippen MR) is 124 cm³/mol. The van der Waals surface area contributed by atoms with Crippen molar-refractivity contribution in [2.45, 2.75) is 0 Å². The van der Waals surface area contributed by atoms with Gasteiger partial charge < -0.3 is 19.2 Å². The maximum Gasteiger partial charge on any atom is 0.255 e. The lowest BCUT2D eigenvalue weighted by Crippen LogP contribution is -2.12. The summed E-state index contributed by atoms with van der Waals surface area (Å²) in [7, 11) is 3.09. The molecule has 0 radical (unpaired) electrons. The minimum absolute atomic E-state index is 0.275. The minimum atomic E-state index is -0.275. The van der Waals surface area contributed by atoms with Crippen molar-refractivity contribution in [1.29, 1.82) is 0 Å². The highest BCUT2D eigenvalue weighted by atomic mass is 16.5. The molecule has 0 saturated heterocycles. The fraction of sp³-hybridized carbons (Fsp3) is 0.0769. The molecule has 158 valence electrons. The number of aromatic nitrogens is 1. The summed E-state index contributed by atoms with van der Waals surface area (Å²) < 4.78 is 16.5. The van der Waals surface area contributed by atoms with Crippen LogP contribution in [-0.2, 0) is 0 Å². The second-order valence-electron chi connectivity index (χ2n) is 7.29. The summed E-state index contributed by atoms with van der Waals surface area (Å²) in [6.07, 6.45) is 0. The summed E-state index contributed by atoms with van der Waals surface area (Å²) in [5.74, 6) is 1.31. The molecular weight excluding hydrogens is 404 g/mol. The van der Waals surface area contributed by atoms with Crippen LogP contribution in [0.25, 0.3) is 33.3 Å². The van der Waals surface area contributed by atoms with Crippen LogP contribution in [-0.4, -0.2) is 25.1 Å². The number of anilines is 1. The molecule has 0 fully saturated rings. The zero-order chi connectivity index (χ0) is 22.1. The third-order valence-electron chi connectivity index (χ3n) is 5.26. The van der Waals surface area contributed by atoms with Crippen LogP contribution < -0.4 is 14.8 Å². The van der Waals surface area contributed by atoms with E-state index < -0.39 is 0 Å². The van der Waals surface area contributed by atoms with E-state index in [1.165, 1.54) is 0 Å². The van der Waals surface area contributed by atoms with Crippen LogP contribution >= 0.6 is 0 Å². The van der Waals surface area contributed by atoms with Gasteiger partial charge >= 0.3 is 0 Å². The van der Waals surface area contributed by atoms with Gasteiger partial charge in [0.05, 0.1) is 14.2 Å². The van der Waals surface area contributed by atoms with E-state index in [1.807, 2.05) is 60.7 Å². The third kappa shape index (κ3) is 3.63. The molecule has 5 aromatic rings. The van der Waals surface area contributed by atoms with Crippen LogP contribution in [0.3, 0.4) is 0 Å². The number of ether oxygens (including phenoxy) is 2. The van der Waals surface area contributed by atoms with Crippen LogP contribution in [0.2, 0.25) is 0 Å². The number of rotatable bonds is 5. The zero-order valence-corrected chi connectivity index (χ0v) is 17.6. The molecule has 0 bridgehead atoms. The average Bonchev–Trinajstić information content (AvgIpc) is 3.29. The van der Waals surface area contributed by atoms with Crippen molar-refractivity contribution < 1.29 is 18.7 Å². The van der Waals surface area contributed by atoms with Crippen LogP contribution in [0.1, 0.15) is 10.4 Å². The van der Waals surface area contributed by atoms with Gasteiger partial charge in [-0.05, 0) is 41.8 Å². The first-order valence-corrected chi connectivity index (χ1v) is 10.1. The van der Waals surface area contributed by atoms with Gasteiger partial charge in [-0.25, -0.2) is 4.98 Å². The molecule has 0 saturated carbocycles. The summed E-state index contributed by atoms with van der Waals surface area (Å²) in [5, 5.41) is 5.06. The molecule has 1 heterocycles. The number of fused-ring (bicyclic) bond motifs is 3. The number of carbonyl (C=O) groups is 1. The standard InChI is InChI=1S/C26H20N2O4/c1-30-20-13-18(14-21(15-20)31-2)25(29)27-19-8-5-7-17(12-19)26-28-24-22-9-4-3-6-16(22)10-11-23(24)32-26/h3-15H,1-2H3,(H,27,29). The van der Waals surface area contributed by atoms with Gasteiger partial charge in [-0.1, -0.05) is 36.4 Å². The van der Waals surface area contributed by atoms with Gasteiger partial charge in [0.1, 0.15) is 17.0 Å². The topological polar surface area (TPSA) is 73.6 Å². The fourth-order valence-corrected chi connectivity index (χ4v) is 3.66. The van der Waals surface area contributed by atoms with Crippen molar-refractivity contribution in [3.63, 3.8) is 0 Å². The first-order valence-electron chi connectivity index (χ1n) is 10.1. The van der Waals surface area contributed by atoms with Gasteiger partial charge in [0.2, 0.25) is 5.89 Å². The van der Waals surface area contributed by atoms with Gasteiger partial charge in [-0.2, -0.15) is 0 Å². The summed E-state index contributed by atoms with van der Waals surface area (Å²) in [4.78, 5) is 17.5. The van der Waals surface area contributed by atoms with E-state index in [0.717, 1.165) is 27.4 Å². The Kier molecular flexibility index (Phi) is 4.95. The first-order chi connectivity index (χ1) is 15.6. The zero-order valence-electron chi connectivity index (χ0n) is 17.6. The largest absolute Gasteiger partial charge is 0.497 e. The quantitative estimate of drug-likeness (QED) is 0.379. The van der Waals surface area contributed by atoms with Crippen molar-refractivity contribution in [2.24, 2.45) is 0 Å². The second kappa shape index (κ2) is 8.07. The van der Waals surface area contributed by atoms with Crippen molar-refractivity contribution in [3.8, 4) is 23.0 Å². The molecule has 0 aliphatic carbocycles. The Morgan fingerprint density at radius 3 is 2.44 bits per heavy atom. The van der Waals surface area contributed by atoms with Crippen LogP contribution in [0.4, 0.5) is 5.69 Å². The third-order valence-corrected chi connectivity index (χ3v) is 5.26. The van der Waals surface area contributed by atoms with Crippen molar-refractivity contribution in [3.05, 3.63) is 84.4 Å². The smallest absolute Gasteiger partial charge is 0.255 e. The molecule has 1 aromatic heterocycles. The normalized spacial score (nSPS) is 10.9. The number of amides is 1. The Bertz CT molecular complexity index is 1430. The maximum atomic E-state index is 12.8. The van der Waals surface area contributed by atoms with Gasteiger partial charge in [-0.15, -0.1) is 0 Å². The summed E-state index contributed by atoms with van der Waals surface area (Å²) in [5.41, 5.74) is 3.36. The number of oxazole rings is 1. The number of benzene rings is 4. The number of nitrogens with zero attached hydrogens (tertiary/aromatic N) is 1. The Morgan fingerprint density at radius 2 is 1.66 bits per heavy atom. The molecule has 6 nitrogen and oxygen atoms in total. The number of nitrogens with one attached hydrogen (secondary N) is 1. The molecule has 0 spiro atoms. The minimum Gasteiger partial charge on any atom is -0.497 e. The van der Waals surface area contributed by atoms with E-state index in [2.05, 4.69) is 5.32 Å². The fourth-order valence-electron chi connectivity index (χ4n) is 3.66. The van der Waals surface area contributed by atoms with Crippen molar-refractivity contribution in [1.82, 2.24) is 4.98 Å². The van der Waals surface area contributed by atoms with E-state index >= 15 is 0 Å². The second-order valence-corrected chi connectivity index (χ2v) is 7.29.